The number of carbonyl (C=O) groups excluding carboxylic acids is 3. The van der Waals surface area contributed by atoms with Gasteiger partial charge in [0.15, 0.2) is 11.7 Å². The lowest BCUT2D eigenvalue weighted by molar-refractivity contribution is -0.240. The Morgan fingerprint density at radius 2 is 1.68 bits per heavy atom. The van der Waals surface area contributed by atoms with E-state index >= 15 is 0 Å². The Morgan fingerprint density at radius 1 is 1.00 bits per heavy atom. The third-order valence-corrected chi connectivity index (χ3v) is 10.3. The number of fused-ring (bicyclic) bond motifs is 1. The Hall–Kier alpha value is -2.84. The number of benzene rings is 1. The molecule has 2 spiro atoms. The van der Waals surface area contributed by atoms with Crippen LogP contribution in [-0.2, 0) is 38.1 Å². The Balaban J connectivity index is 1.46. The van der Waals surface area contributed by atoms with Gasteiger partial charge in [0, 0.05) is 18.1 Å². The zero-order valence-electron chi connectivity index (χ0n) is 21.9. The van der Waals surface area contributed by atoms with Crippen LogP contribution in [0.1, 0.15) is 27.7 Å². The minimum atomic E-state index is -2.45. The molecule has 0 radical (unpaired) electrons. The van der Waals surface area contributed by atoms with Crippen LogP contribution >= 0.6 is 12.2 Å². The molecule has 0 unspecified atom stereocenters. The maximum Gasteiger partial charge on any atom is 0.358 e. The van der Waals surface area contributed by atoms with E-state index in [1.54, 1.807) is 51.1 Å². The largest absolute Gasteiger partial charge is 0.456 e. The number of thiocarbonyl (C=S) groups is 1. The first-order chi connectivity index (χ1) is 18.7. The average Bonchev–Trinajstić information content (AvgIpc) is 3.57. The van der Waals surface area contributed by atoms with Crippen molar-refractivity contribution in [1.29, 1.82) is 0 Å². The van der Waals surface area contributed by atoms with E-state index in [1.165, 1.54) is 6.92 Å². The quantitative estimate of drug-likeness (QED) is 0.245. The molecule has 2 aliphatic carbocycles. The smallest absolute Gasteiger partial charge is 0.358 e. The van der Waals surface area contributed by atoms with E-state index in [0.29, 0.717) is 5.75 Å². The average molecular weight is 577 g/mol. The summed E-state index contributed by atoms with van der Waals surface area (Å²) < 4.78 is 34.8. The number of ether oxygens (including phenoxy) is 6. The van der Waals surface area contributed by atoms with Crippen molar-refractivity contribution < 1.29 is 58.1 Å². The van der Waals surface area contributed by atoms with E-state index < -0.39 is 99.2 Å². The second-order valence-corrected chi connectivity index (χ2v) is 12.9. The molecular weight excluding hydrogens is 548 g/mol. The highest BCUT2D eigenvalue weighted by Gasteiger charge is 3.05. The maximum atomic E-state index is 13.8. The van der Waals surface area contributed by atoms with Gasteiger partial charge in [0.2, 0.25) is 18.0 Å². The lowest BCUT2D eigenvalue weighted by Gasteiger charge is -2.48. The number of hydrogen-bond acceptors (Lipinski definition) is 13. The molecule has 12 atom stereocenters. The molecule has 7 rings (SSSR count). The molecule has 3 N–H and O–H groups in total. The van der Waals surface area contributed by atoms with Crippen molar-refractivity contribution in [2.45, 2.75) is 75.7 Å². The minimum Gasteiger partial charge on any atom is -0.456 e. The summed E-state index contributed by atoms with van der Waals surface area (Å²) >= 11 is 5.35. The molecule has 0 amide bonds. The molecule has 4 aliphatic heterocycles. The van der Waals surface area contributed by atoms with Crippen LogP contribution < -0.4 is 4.74 Å². The number of aliphatic hydroxyl groups is 3. The fraction of sp³-hybridized carbons (Fsp3) is 0.630. The summed E-state index contributed by atoms with van der Waals surface area (Å²) in [6.07, 6.45) is -9.67. The standard InChI is InChI=1S/C27H28O12S/c1-10-18(30)35-16-14(29)25-15-12(28)13(23(2,3)4)24(25)17(37-22(40)34-11-8-6-5-7-9-11)19(31)38-21(24)39-27(25,20(32)36-15)26(10,16)33/h5-10,12-17,21,28-29,33H,1-4H3/t10-,12-,13+,14-,15-,16+,17+,21+,24+,25-,26-,27-/m1/s1. The summed E-state index contributed by atoms with van der Waals surface area (Å²) in [5.41, 5.74) is -9.61. The molecule has 214 valence electrons. The molecule has 4 heterocycles. The van der Waals surface area contributed by atoms with E-state index in [4.69, 9.17) is 40.6 Å². The number of carbonyl (C=O) groups is 3. The Morgan fingerprint density at radius 3 is 2.33 bits per heavy atom. The predicted molar refractivity (Wildman–Crippen MR) is 132 cm³/mol. The maximum absolute atomic E-state index is 13.8. The van der Waals surface area contributed by atoms with Gasteiger partial charge in [-0.1, -0.05) is 39.0 Å². The molecule has 6 fully saturated rings. The minimum absolute atomic E-state index is 0.324. The van der Waals surface area contributed by atoms with Gasteiger partial charge < -0.3 is 43.7 Å². The van der Waals surface area contributed by atoms with Crippen molar-refractivity contribution in [3.05, 3.63) is 30.3 Å². The fourth-order valence-electron chi connectivity index (χ4n) is 9.09. The van der Waals surface area contributed by atoms with Gasteiger partial charge in [-0.3, -0.25) is 4.79 Å². The molecule has 2 saturated carbocycles. The van der Waals surface area contributed by atoms with E-state index in [0.717, 1.165) is 0 Å². The highest BCUT2D eigenvalue weighted by molar-refractivity contribution is 7.79. The summed E-state index contributed by atoms with van der Waals surface area (Å²) in [7, 11) is 0. The lowest BCUT2D eigenvalue weighted by atomic mass is 9.51. The van der Waals surface area contributed by atoms with E-state index in [-0.39, 0.29) is 0 Å². The van der Waals surface area contributed by atoms with Gasteiger partial charge in [0.05, 0.1) is 17.4 Å². The first kappa shape index (κ1) is 26.1. The molecule has 4 saturated heterocycles. The molecule has 1 aromatic carbocycles. The van der Waals surface area contributed by atoms with Gasteiger partial charge in [0.25, 0.3) is 0 Å². The first-order valence-corrected chi connectivity index (χ1v) is 13.4. The van der Waals surface area contributed by atoms with Gasteiger partial charge in [0.1, 0.15) is 23.4 Å². The second-order valence-electron chi connectivity index (χ2n) is 12.5. The molecule has 13 heteroatoms. The first-order valence-electron chi connectivity index (χ1n) is 13.0. The molecule has 40 heavy (non-hydrogen) atoms. The van der Waals surface area contributed by atoms with Crippen LogP contribution in [0, 0.1) is 28.1 Å². The van der Waals surface area contributed by atoms with Crippen molar-refractivity contribution >= 4 is 35.4 Å². The van der Waals surface area contributed by atoms with Crippen LogP contribution in [0.5, 0.6) is 5.75 Å². The highest BCUT2D eigenvalue weighted by atomic mass is 32.1. The molecule has 12 nitrogen and oxygen atoms in total. The summed E-state index contributed by atoms with van der Waals surface area (Å²) in [5.74, 6) is -4.89. The lowest BCUT2D eigenvalue weighted by Crippen LogP contribution is -2.67. The van der Waals surface area contributed by atoms with Gasteiger partial charge >= 0.3 is 23.1 Å². The zero-order valence-corrected chi connectivity index (χ0v) is 22.7. The number of esters is 3. The monoisotopic (exact) mass is 576 g/mol. The van der Waals surface area contributed by atoms with Gasteiger partial charge in [-0.15, -0.1) is 0 Å². The third-order valence-electron chi connectivity index (χ3n) is 10.1. The van der Waals surface area contributed by atoms with Crippen molar-refractivity contribution in [3.8, 4) is 5.75 Å². The molecule has 6 aliphatic rings. The van der Waals surface area contributed by atoms with E-state index in [1.807, 2.05) is 0 Å². The Bertz CT molecular complexity index is 1360. The topological polar surface area (TPSA) is 167 Å². The van der Waals surface area contributed by atoms with Crippen molar-refractivity contribution in [2.75, 3.05) is 0 Å². The Labute approximate surface area is 233 Å². The third kappa shape index (κ3) is 2.38. The van der Waals surface area contributed by atoms with Gasteiger partial charge in [-0.25, -0.2) is 9.59 Å². The Kier molecular flexibility index (Phi) is 4.90. The van der Waals surface area contributed by atoms with Crippen LogP contribution in [0.15, 0.2) is 30.3 Å². The van der Waals surface area contributed by atoms with Crippen LogP contribution in [0.3, 0.4) is 0 Å². The van der Waals surface area contributed by atoms with Crippen molar-refractivity contribution in [1.82, 2.24) is 0 Å². The van der Waals surface area contributed by atoms with Crippen molar-refractivity contribution in [3.63, 3.8) is 0 Å². The number of hydrogen-bond donors (Lipinski definition) is 3. The zero-order chi connectivity index (χ0) is 28.8. The highest BCUT2D eigenvalue weighted by Crippen LogP contribution is 2.84. The number of para-hydroxylation sites is 1. The molecule has 0 aromatic heterocycles. The van der Waals surface area contributed by atoms with Gasteiger partial charge in [-0.2, -0.15) is 0 Å². The molecular formula is C27H28O12S. The summed E-state index contributed by atoms with van der Waals surface area (Å²) in [4.78, 5) is 40.1. The van der Waals surface area contributed by atoms with Crippen LogP contribution in [-0.4, -0.2) is 86.5 Å². The molecule has 0 bridgehead atoms. The summed E-state index contributed by atoms with van der Waals surface area (Å²) in [5, 5.41) is 35.7. The van der Waals surface area contributed by atoms with E-state index in [9.17, 15) is 29.7 Å². The van der Waals surface area contributed by atoms with Crippen LogP contribution in [0.2, 0.25) is 0 Å². The van der Waals surface area contributed by atoms with Crippen LogP contribution in [0.4, 0.5) is 0 Å². The van der Waals surface area contributed by atoms with Gasteiger partial charge in [-0.05, 0) is 24.5 Å². The number of aliphatic hydroxyl groups excluding tert-OH is 2. The SMILES string of the molecule is C[C@@H]1C(=O)O[C@H]2[C@@H](O)[C@]34[C@@H]5OC(=O)[C@]3(O[C@@H]3OC(=O)[C@H](OC(=S)Oc6ccccc6)[C@@]34[C@H](C(C)(C)C)[C@H]5O)[C@@]12O. The number of rotatable bonds is 2. The normalized spacial score (nSPS) is 49.5. The summed E-state index contributed by atoms with van der Waals surface area (Å²) in [6, 6.07) is 8.43. The van der Waals surface area contributed by atoms with E-state index in [2.05, 4.69) is 0 Å². The fourth-order valence-corrected chi connectivity index (χ4v) is 9.28. The van der Waals surface area contributed by atoms with Crippen molar-refractivity contribution in [2.24, 2.45) is 28.1 Å². The predicted octanol–water partition coefficient (Wildman–Crippen LogP) is -0.0105. The molecule has 1 aromatic rings. The second kappa shape index (κ2) is 7.51. The summed E-state index contributed by atoms with van der Waals surface area (Å²) in [6.45, 7) is 6.74. The van der Waals surface area contributed by atoms with Crippen LogP contribution in [0.25, 0.3) is 0 Å².